The molecule has 2 rings (SSSR count). The van der Waals surface area contributed by atoms with Gasteiger partial charge in [0.15, 0.2) is 0 Å². The summed E-state index contributed by atoms with van der Waals surface area (Å²) in [6.45, 7) is 1.91. The minimum absolute atomic E-state index is 0.113. The summed E-state index contributed by atoms with van der Waals surface area (Å²) in [7, 11) is 1.64. The lowest BCUT2D eigenvalue weighted by atomic mass is 10.2. The van der Waals surface area contributed by atoms with Gasteiger partial charge in [0.25, 0.3) is 0 Å². The third-order valence-corrected chi connectivity index (χ3v) is 3.27. The standard InChI is InChI=1S/C11H10BrN3O3/c1-7-5-8(3-4-9(7)12)18-11-10(15(16)17)13-6-14(11)2/h3-6H,1-2H3. The van der Waals surface area contributed by atoms with Crippen LogP contribution in [0.5, 0.6) is 11.6 Å². The molecule has 1 aromatic carbocycles. The zero-order chi connectivity index (χ0) is 13.3. The highest BCUT2D eigenvalue weighted by atomic mass is 79.9. The maximum atomic E-state index is 10.8. The third-order valence-electron chi connectivity index (χ3n) is 2.38. The summed E-state index contributed by atoms with van der Waals surface area (Å²) in [6.07, 6.45) is 1.35. The average molecular weight is 312 g/mol. The normalized spacial score (nSPS) is 10.4. The third kappa shape index (κ3) is 2.35. The average Bonchev–Trinajstić information content (AvgIpc) is 2.66. The van der Waals surface area contributed by atoms with E-state index < -0.39 is 4.92 Å². The fourth-order valence-electron chi connectivity index (χ4n) is 1.44. The molecule has 0 N–H and O–H groups in total. The second-order valence-corrected chi connectivity index (χ2v) is 4.61. The van der Waals surface area contributed by atoms with E-state index in [0.29, 0.717) is 5.75 Å². The van der Waals surface area contributed by atoms with Gasteiger partial charge < -0.3 is 14.9 Å². The van der Waals surface area contributed by atoms with Crippen molar-refractivity contribution in [1.29, 1.82) is 0 Å². The smallest absolute Gasteiger partial charge is 0.427 e. The number of nitro groups is 1. The Morgan fingerprint density at radius 1 is 1.50 bits per heavy atom. The van der Waals surface area contributed by atoms with Crippen LogP contribution in [-0.4, -0.2) is 14.5 Å². The summed E-state index contributed by atoms with van der Waals surface area (Å²) in [5.74, 6) is 0.349. The van der Waals surface area contributed by atoms with E-state index in [2.05, 4.69) is 20.9 Å². The van der Waals surface area contributed by atoms with Crippen LogP contribution in [0.15, 0.2) is 29.0 Å². The van der Waals surface area contributed by atoms with Crippen molar-refractivity contribution in [2.45, 2.75) is 6.92 Å². The number of imidazole rings is 1. The van der Waals surface area contributed by atoms with Crippen molar-refractivity contribution in [3.63, 3.8) is 0 Å². The molecule has 0 aliphatic carbocycles. The number of aromatic nitrogens is 2. The van der Waals surface area contributed by atoms with Crippen molar-refractivity contribution in [2.24, 2.45) is 7.05 Å². The Morgan fingerprint density at radius 3 is 2.83 bits per heavy atom. The first-order chi connectivity index (χ1) is 8.49. The van der Waals surface area contributed by atoms with Crippen LogP contribution in [0.3, 0.4) is 0 Å². The van der Waals surface area contributed by atoms with E-state index in [4.69, 9.17) is 4.74 Å². The molecule has 2 aromatic rings. The summed E-state index contributed by atoms with van der Waals surface area (Å²) < 4.78 is 7.94. The van der Waals surface area contributed by atoms with E-state index in [0.717, 1.165) is 10.0 Å². The zero-order valence-corrected chi connectivity index (χ0v) is 11.3. The monoisotopic (exact) mass is 311 g/mol. The second kappa shape index (κ2) is 4.77. The summed E-state index contributed by atoms with van der Waals surface area (Å²) in [5.41, 5.74) is 0.984. The summed E-state index contributed by atoms with van der Waals surface area (Å²) in [6, 6.07) is 5.35. The molecule has 0 spiro atoms. The highest BCUT2D eigenvalue weighted by Gasteiger charge is 2.22. The van der Waals surface area contributed by atoms with Crippen LogP contribution < -0.4 is 4.74 Å². The van der Waals surface area contributed by atoms with Crippen molar-refractivity contribution in [1.82, 2.24) is 9.55 Å². The number of hydrogen-bond donors (Lipinski definition) is 0. The Balaban J connectivity index is 2.36. The Morgan fingerprint density at radius 2 is 2.22 bits per heavy atom. The predicted molar refractivity (Wildman–Crippen MR) is 68.8 cm³/mol. The van der Waals surface area contributed by atoms with Gasteiger partial charge in [0.2, 0.25) is 6.33 Å². The lowest BCUT2D eigenvalue weighted by molar-refractivity contribution is -0.390. The van der Waals surface area contributed by atoms with Gasteiger partial charge in [-0.15, -0.1) is 0 Å². The van der Waals surface area contributed by atoms with E-state index in [1.165, 1.54) is 10.9 Å². The fourth-order valence-corrected chi connectivity index (χ4v) is 1.69. The molecule has 0 saturated heterocycles. The molecule has 0 aliphatic heterocycles. The van der Waals surface area contributed by atoms with E-state index >= 15 is 0 Å². The number of ether oxygens (including phenoxy) is 1. The van der Waals surface area contributed by atoms with E-state index in [1.54, 1.807) is 19.2 Å². The molecule has 6 nitrogen and oxygen atoms in total. The predicted octanol–water partition coefficient (Wildman–Crippen LogP) is 3.19. The first kappa shape index (κ1) is 12.6. The molecule has 1 aromatic heterocycles. The van der Waals surface area contributed by atoms with Gasteiger partial charge in [0.05, 0.1) is 0 Å². The van der Waals surface area contributed by atoms with Crippen LogP contribution in [0.25, 0.3) is 0 Å². The Bertz CT molecular complexity index is 610. The second-order valence-electron chi connectivity index (χ2n) is 3.75. The van der Waals surface area contributed by atoms with Crippen molar-refractivity contribution in [3.8, 4) is 11.6 Å². The summed E-state index contributed by atoms with van der Waals surface area (Å²) in [4.78, 5) is 13.9. The lowest BCUT2D eigenvalue weighted by Crippen LogP contribution is -1.96. The topological polar surface area (TPSA) is 70.2 Å². The number of benzene rings is 1. The minimum atomic E-state index is -0.568. The van der Waals surface area contributed by atoms with E-state index in [1.807, 2.05) is 13.0 Å². The van der Waals surface area contributed by atoms with Crippen molar-refractivity contribution in [3.05, 3.63) is 44.7 Å². The summed E-state index contributed by atoms with van der Waals surface area (Å²) >= 11 is 3.38. The number of halogens is 1. The maximum absolute atomic E-state index is 10.8. The van der Waals surface area contributed by atoms with Crippen LogP contribution in [0.4, 0.5) is 5.82 Å². The van der Waals surface area contributed by atoms with Gasteiger partial charge in [-0.3, -0.25) is 4.57 Å². The number of rotatable bonds is 3. The van der Waals surface area contributed by atoms with Crippen molar-refractivity contribution >= 4 is 21.7 Å². The molecule has 0 amide bonds. The van der Waals surface area contributed by atoms with Crippen LogP contribution in [0.2, 0.25) is 0 Å². The Labute approximate surface area is 111 Å². The fraction of sp³-hybridized carbons (Fsp3) is 0.182. The molecule has 94 valence electrons. The first-order valence-electron chi connectivity index (χ1n) is 5.08. The minimum Gasteiger partial charge on any atom is -0.434 e. The van der Waals surface area contributed by atoms with Gasteiger partial charge in [-0.1, -0.05) is 15.9 Å². The van der Waals surface area contributed by atoms with Crippen molar-refractivity contribution in [2.75, 3.05) is 0 Å². The molecule has 0 aliphatic rings. The maximum Gasteiger partial charge on any atom is 0.427 e. The Hall–Kier alpha value is -1.89. The highest BCUT2D eigenvalue weighted by molar-refractivity contribution is 9.10. The van der Waals surface area contributed by atoms with Crippen molar-refractivity contribution < 1.29 is 9.66 Å². The van der Waals surface area contributed by atoms with Gasteiger partial charge in [-0.05, 0) is 40.6 Å². The van der Waals surface area contributed by atoms with E-state index in [9.17, 15) is 10.1 Å². The molecule has 0 radical (unpaired) electrons. The lowest BCUT2D eigenvalue weighted by Gasteiger charge is -2.06. The van der Waals surface area contributed by atoms with Crippen LogP contribution in [0.1, 0.15) is 5.56 Å². The molecule has 0 fully saturated rings. The van der Waals surface area contributed by atoms with Gasteiger partial charge in [-0.2, -0.15) is 0 Å². The van der Waals surface area contributed by atoms with Gasteiger partial charge in [0, 0.05) is 11.5 Å². The van der Waals surface area contributed by atoms with Gasteiger partial charge in [-0.25, -0.2) is 0 Å². The molecule has 7 heteroatoms. The Kier molecular flexibility index (Phi) is 3.33. The highest BCUT2D eigenvalue weighted by Crippen LogP contribution is 2.31. The molecule has 1 heterocycles. The SMILES string of the molecule is Cc1cc(Oc2c([N+](=O)[O-])ncn2C)ccc1Br. The van der Waals surface area contributed by atoms with Gasteiger partial charge in [0.1, 0.15) is 5.75 Å². The van der Waals surface area contributed by atoms with Crippen LogP contribution in [0, 0.1) is 17.0 Å². The first-order valence-corrected chi connectivity index (χ1v) is 5.88. The molecule has 0 unspecified atom stereocenters. The molecular weight excluding hydrogens is 302 g/mol. The van der Waals surface area contributed by atoms with Crippen LogP contribution >= 0.6 is 15.9 Å². The molecular formula is C11H10BrN3O3. The quantitative estimate of drug-likeness (QED) is 0.644. The summed E-state index contributed by atoms with van der Waals surface area (Å²) in [5, 5.41) is 10.8. The van der Waals surface area contributed by atoms with E-state index in [-0.39, 0.29) is 11.7 Å². The molecule has 0 atom stereocenters. The largest absolute Gasteiger partial charge is 0.434 e. The molecule has 0 saturated carbocycles. The zero-order valence-electron chi connectivity index (χ0n) is 9.75. The number of nitrogens with zero attached hydrogens (tertiary/aromatic N) is 3. The molecule has 0 bridgehead atoms. The van der Waals surface area contributed by atoms with Crippen LogP contribution in [-0.2, 0) is 7.05 Å². The number of hydrogen-bond acceptors (Lipinski definition) is 4. The van der Waals surface area contributed by atoms with Gasteiger partial charge >= 0.3 is 11.7 Å². The number of aryl methyl sites for hydroxylation is 2. The molecule has 18 heavy (non-hydrogen) atoms.